The van der Waals surface area contributed by atoms with Crippen molar-refractivity contribution < 1.29 is 28.6 Å². The van der Waals surface area contributed by atoms with Gasteiger partial charge in [-0.05, 0) is 25.2 Å². The van der Waals surface area contributed by atoms with Crippen LogP contribution in [0.25, 0.3) is 0 Å². The molecule has 0 aliphatic carbocycles. The lowest BCUT2D eigenvalue weighted by molar-refractivity contribution is -0.167. The highest BCUT2D eigenvalue weighted by Crippen LogP contribution is 2.17. The minimum Gasteiger partial charge on any atom is -0.462 e. The van der Waals surface area contributed by atoms with Crippen molar-refractivity contribution in [1.82, 2.24) is 0 Å². The van der Waals surface area contributed by atoms with Crippen molar-refractivity contribution in [2.24, 2.45) is 5.92 Å². The van der Waals surface area contributed by atoms with E-state index < -0.39 is 6.10 Å². The summed E-state index contributed by atoms with van der Waals surface area (Å²) in [4.78, 5) is 37.7. The smallest absolute Gasteiger partial charge is 0.306 e. The molecular formula is C50H96O6. The molecule has 0 amide bonds. The average Bonchev–Trinajstić information content (AvgIpc) is 3.18. The number of unbranched alkanes of at least 4 members (excludes halogenated alkanes) is 32. The zero-order valence-corrected chi connectivity index (χ0v) is 38.1. The van der Waals surface area contributed by atoms with E-state index in [1.165, 1.54) is 173 Å². The van der Waals surface area contributed by atoms with Crippen molar-refractivity contribution in [3.8, 4) is 0 Å². The molecule has 0 fully saturated rings. The van der Waals surface area contributed by atoms with Crippen molar-refractivity contribution in [1.29, 1.82) is 0 Å². The minimum absolute atomic E-state index is 0.0641. The topological polar surface area (TPSA) is 78.9 Å². The Morgan fingerprint density at radius 2 is 0.589 bits per heavy atom. The summed E-state index contributed by atoms with van der Waals surface area (Å²) in [6.07, 6.45) is 45.3. The fraction of sp³-hybridized carbons (Fsp3) is 0.940. The van der Waals surface area contributed by atoms with Gasteiger partial charge in [-0.15, -0.1) is 0 Å². The van der Waals surface area contributed by atoms with Gasteiger partial charge in [-0.2, -0.15) is 0 Å². The zero-order valence-electron chi connectivity index (χ0n) is 38.1. The maximum absolute atomic E-state index is 12.7. The molecule has 0 aromatic heterocycles. The molecule has 6 heteroatoms. The fourth-order valence-corrected chi connectivity index (χ4v) is 7.51. The number of rotatable bonds is 45. The summed E-state index contributed by atoms with van der Waals surface area (Å²) in [5, 5.41) is 0. The van der Waals surface area contributed by atoms with Gasteiger partial charge in [0, 0.05) is 19.3 Å². The van der Waals surface area contributed by atoms with E-state index in [4.69, 9.17) is 14.2 Å². The molecule has 0 saturated heterocycles. The Kier molecular flexibility index (Phi) is 43.2. The number of esters is 3. The third-order valence-electron chi connectivity index (χ3n) is 11.3. The molecule has 0 aliphatic rings. The molecule has 0 spiro atoms. The predicted molar refractivity (Wildman–Crippen MR) is 238 cm³/mol. The predicted octanol–water partition coefficient (Wildman–Crippen LogP) is 15.9. The van der Waals surface area contributed by atoms with Crippen LogP contribution in [0.4, 0.5) is 0 Å². The second-order valence-electron chi connectivity index (χ2n) is 17.6. The number of ether oxygens (including phenoxy) is 3. The van der Waals surface area contributed by atoms with Crippen LogP contribution in [0.2, 0.25) is 0 Å². The van der Waals surface area contributed by atoms with Crippen molar-refractivity contribution in [3.63, 3.8) is 0 Å². The molecule has 0 heterocycles. The molecule has 0 rings (SSSR count). The van der Waals surface area contributed by atoms with Gasteiger partial charge in [0.2, 0.25) is 0 Å². The Hall–Kier alpha value is -1.59. The largest absolute Gasteiger partial charge is 0.462 e. The quantitative estimate of drug-likeness (QED) is 0.0347. The lowest BCUT2D eigenvalue weighted by Crippen LogP contribution is -2.30. The highest BCUT2D eigenvalue weighted by atomic mass is 16.6. The van der Waals surface area contributed by atoms with Crippen molar-refractivity contribution in [3.05, 3.63) is 0 Å². The Balaban J connectivity index is 4.18. The molecule has 0 bridgehead atoms. The third kappa shape index (κ3) is 43.5. The summed E-state index contributed by atoms with van der Waals surface area (Å²) < 4.78 is 16.7. The average molecular weight is 793 g/mol. The number of carbonyl (C=O) groups is 3. The van der Waals surface area contributed by atoms with Gasteiger partial charge in [0.1, 0.15) is 13.2 Å². The lowest BCUT2D eigenvalue weighted by Gasteiger charge is -2.18. The molecule has 6 nitrogen and oxygen atoms in total. The number of hydrogen-bond donors (Lipinski definition) is 0. The highest BCUT2D eigenvalue weighted by Gasteiger charge is 2.19. The summed E-state index contributed by atoms with van der Waals surface area (Å²) in [5.41, 5.74) is 0. The standard InChI is InChI=1S/C50H96O6/c1-5-7-9-11-13-15-16-17-18-19-20-21-22-23-24-26-30-34-38-42-49(52)55-45-47(44-54-48(51)41-37-33-29-25-14-12-10-8-6-2)56-50(53)43-39-35-31-27-28-32-36-40-46(3)4/h46-47H,5-45H2,1-4H3/t47-/m0/s1. The van der Waals surface area contributed by atoms with E-state index >= 15 is 0 Å². The molecule has 0 unspecified atom stereocenters. The molecule has 1 atom stereocenters. The van der Waals surface area contributed by atoms with Crippen LogP contribution in [0, 0.1) is 5.92 Å². The van der Waals surface area contributed by atoms with E-state index in [9.17, 15) is 14.4 Å². The third-order valence-corrected chi connectivity index (χ3v) is 11.3. The fourth-order valence-electron chi connectivity index (χ4n) is 7.51. The van der Waals surface area contributed by atoms with E-state index in [2.05, 4.69) is 27.7 Å². The molecular weight excluding hydrogens is 697 g/mol. The number of hydrogen-bond acceptors (Lipinski definition) is 6. The van der Waals surface area contributed by atoms with E-state index in [1.807, 2.05) is 0 Å². The van der Waals surface area contributed by atoms with Gasteiger partial charge in [-0.1, -0.05) is 240 Å². The molecule has 0 aromatic rings. The van der Waals surface area contributed by atoms with Crippen LogP contribution in [-0.4, -0.2) is 37.2 Å². The maximum Gasteiger partial charge on any atom is 0.306 e. The Morgan fingerprint density at radius 1 is 0.339 bits per heavy atom. The Bertz CT molecular complexity index is 841. The van der Waals surface area contributed by atoms with E-state index in [1.54, 1.807) is 0 Å². The van der Waals surface area contributed by atoms with Gasteiger partial charge >= 0.3 is 17.9 Å². The van der Waals surface area contributed by atoms with E-state index in [0.717, 1.165) is 63.7 Å². The molecule has 56 heavy (non-hydrogen) atoms. The molecule has 0 radical (unpaired) electrons. The number of carbonyl (C=O) groups excluding carboxylic acids is 3. The molecule has 332 valence electrons. The summed E-state index contributed by atoms with van der Waals surface area (Å²) in [6.45, 7) is 8.95. The normalized spacial score (nSPS) is 11.9. The first kappa shape index (κ1) is 54.4. The van der Waals surface area contributed by atoms with Gasteiger partial charge in [-0.3, -0.25) is 14.4 Å². The molecule has 0 aromatic carbocycles. The highest BCUT2D eigenvalue weighted by molar-refractivity contribution is 5.71. The van der Waals surface area contributed by atoms with E-state index in [-0.39, 0.29) is 31.1 Å². The van der Waals surface area contributed by atoms with Gasteiger partial charge < -0.3 is 14.2 Å². The second kappa shape index (κ2) is 44.5. The zero-order chi connectivity index (χ0) is 41.0. The van der Waals surface area contributed by atoms with Gasteiger partial charge in [0.25, 0.3) is 0 Å². The molecule has 0 N–H and O–H groups in total. The lowest BCUT2D eigenvalue weighted by atomic mass is 10.0. The maximum atomic E-state index is 12.7. The van der Waals surface area contributed by atoms with Gasteiger partial charge in [0.15, 0.2) is 6.10 Å². The van der Waals surface area contributed by atoms with Crippen LogP contribution in [0.5, 0.6) is 0 Å². The first-order valence-corrected chi connectivity index (χ1v) is 24.9. The van der Waals surface area contributed by atoms with Gasteiger partial charge in [0.05, 0.1) is 0 Å². The molecule has 0 aliphatic heterocycles. The Morgan fingerprint density at radius 3 is 0.875 bits per heavy atom. The first-order chi connectivity index (χ1) is 27.4. The summed E-state index contributed by atoms with van der Waals surface area (Å²) in [6, 6.07) is 0. The van der Waals surface area contributed by atoms with Crippen molar-refractivity contribution >= 4 is 17.9 Å². The van der Waals surface area contributed by atoms with Crippen LogP contribution >= 0.6 is 0 Å². The van der Waals surface area contributed by atoms with Crippen molar-refractivity contribution in [2.45, 2.75) is 284 Å². The monoisotopic (exact) mass is 793 g/mol. The summed E-state index contributed by atoms with van der Waals surface area (Å²) in [5.74, 6) is -0.0769. The van der Waals surface area contributed by atoms with Crippen LogP contribution < -0.4 is 0 Å². The Labute approximate surface area is 348 Å². The van der Waals surface area contributed by atoms with Crippen LogP contribution in [0.1, 0.15) is 278 Å². The van der Waals surface area contributed by atoms with E-state index in [0.29, 0.717) is 19.3 Å². The summed E-state index contributed by atoms with van der Waals surface area (Å²) >= 11 is 0. The van der Waals surface area contributed by atoms with Crippen LogP contribution in [0.15, 0.2) is 0 Å². The molecule has 0 saturated carbocycles. The summed E-state index contributed by atoms with van der Waals surface area (Å²) in [7, 11) is 0. The van der Waals surface area contributed by atoms with Gasteiger partial charge in [-0.25, -0.2) is 0 Å². The van der Waals surface area contributed by atoms with Crippen LogP contribution in [-0.2, 0) is 28.6 Å². The van der Waals surface area contributed by atoms with Crippen molar-refractivity contribution in [2.75, 3.05) is 13.2 Å². The van der Waals surface area contributed by atoms with Crippen LogP contribution in [0.3, 0.4) is 0 Å². The minimum atomic E-state index is -0.760. The first-order valence-electron chi connectivity index (χ1n) is 24.9. The second-order valence-corrected chi connectivity index (χ2v) is 17.6. The SMILES string of the molecule is CCCCCCCCCCCCCCCCCCCCCC(=O)OC[C@H](COC(=O)CCCCCCCCCCC)OC(=O)CCCCCCCCCC(C)C.